The first-order valence-corrected chi connectivity index (χ1v) is 11.2. The third-order valence-electron chi connectivity index (χ3n) is 4.62. The lowest BCUT2D eigenvalue weighted by molar-refractivity contribution is -0.138. The number of nitrogens with one attached hydrogen (secondary N) is 1. The zero-order valence-corrected chi connectivity index (χ0v) is 18.5. The van der Waals surface area contributed by atoms with Crippen LogP contribution in [0.4, 0.5) is 4.79 Å². The normalized spacial score (nSPS) is 11.5. The molecular weight excluding hydrogens is 412 g/mol. The van der Waals surface area contributed by atoms with Gasteiger partial charge in [-0.2, -0.15) is 0 Å². The van der Waals surface area contributed by atoms with Crippen LogP contribution >= 0.6 is 11.3 Å². The molecule has 3 aromatic rings. The molecule has 162 valence electrons. The smallest absolute Gasteiger partial charge is 0.410 e. The highest BCUT2D eigenvalue weighted by molar-refractivity contribution is 7.13. The molecule has 0 spiro atoms. The van der Waals surface area contributed by atoms with Crippen molar-refractivity contribution in [3.63, 3.8) is 0 Å². The predicted molar refractivity (Wildman–Crippen MR) is 121 cm³/mol. The largest absolute Gasteiger partial charge is 0.412 e. The molecule has 1 heterocycles. The standard InChI is InChI=1S/C24H26N2O4S/c1-3-4-8-18-11-13-20(14-12-18)29-24(28)25-15-17(2)23(27)30-21-16-31-22(26-21)19-9-6-5-7-10-19/h5-7,9-14,16-17H,3-4,8,15H2,1-2H3,(H,25,28). The molecule has 1 amide bonds. The fraction of sp³-hybridized carbons (Fsp3) is 0.292. The van der Waals surface area contributed by atoms with Crippen LogP contribution in [0, 0.1) is 5.92 Å². The molecule has 6 nitrogen and oxygen atoms in total. The first-order chi connectivity index (χ1) is 15.0. The molecule has 0 saturated heterocycles. The molecule has 0 saturated carbocycles. The maximum Gasteiger partial charge on any atom is 0.412 e. The molecule has 0 aliphatic rings. The number of hydrogen-bond donors (Lipinski definition) is 1. The van der Waals surface area contributed by atoms with Gasteiger partial charge in [0.05, 0.1) is 11.3 Å². The Bertz CT molecular complexity index is 986. The monoisotopic (exact) mass is 438 g/mol. The van der Waals surface area contributed by atoms with Crippen molar-refractivity contribution in [2.24, 2.45) is 5.92 Å². The summed E-state index contributed by atoms with van der Waals surface area (Å²) in [4.78, 5) is 28.7. The van der Waals surface area contributed by atoms with Crippen LogP contribution in [0.5, 0.6) is 11.6 Å². The molecule has 31 heavy (non-hydrogen) atoms. The molecule has 7 heteroatoms. The summed E-state index contributed by atoms with van der Waals surface area (Å²) in [6.07, 6.45) is 2.66. The number of thiazole rings is 1. The molecular formula is C24H26N2O4S. The summed E-state index contributed by atoms with van der Waals surface area (Å²) in [6, 6.07) is 17.1. The lowest BCUT2D eigenvalue weighted by atomic mass is 10.1. The fourth-order valence-electron chi connectivity index (χ4n) is 2.79. The Hall–Kier alpha value is -3.19. The Kier molecular flexibility index (Phi) is 8.18. The van der Waals surface area contributed by atoms with Crippen LogP contribution in [0.1, 0.15) is 32.3 Å². The number of unbranched alkanes of at least 4 members (excludes halogenated alkanes) is 1. The molecule has 0 aliphatic carbocycles. The minimum absolute atomic E-state index is 0.0991. The number of hydrogen-bond acceptors (Lipinski definition) is 6. The van der Waals surface area contributed by atoms with Gasteiger partial charge in [-0.25, -0.2) is 9.78 Å². The van der Waals surface area contributed by atoms with Gasteiger partial charge < -0.3 is 14.8 Å². The van der Waals surface area contributed by atoms with Gasteiger partial charge in [0.15, 0.2) is 0 Å². The third kappa shape index (κ3) is 6.93. The second kappa shape index (κ2) is 11.3. The van der Waals surface area contributed by atoms with Gasteiger partial charge in [0.1, 0.15) is 10.8 Å². The number of carbonyl (C=O) groups is 2. The molecule has 1 aromatic heterocycles. The van der Waals surface area contributed by atoms with Gasteiger partial charge in [-0.1, -0.05) is 62.7 Å². The summed E-state index contributed by atoms with van der Waals surface area (Å²) < 4.78 is 10.6. The first kappa shape index (κ1) is 22.5. The molecule has 2 aromatic carbocycles. The van der Waals surface area contributed by atoms with E-state index in [2.05, 4.69) is 17.2 Å². The highest BCUT2D eigenvalue weighted by atomic mass is 32.1. The van der Waals surface area contributed by atoms with Gasteiger partial charge in [-0.15, -0.1) is 11.3 Å². The second-order valence-electron chi connectivity index (χ2n) is 7.20. The maximum absolute atomic E-state index is 12.3. The second-order valence-corrected chi connectivity index (χ2v) is 8.06. The van der Waals surface area contributed by atoms with Gasteiger partial charge in [0.2, 0.25) is 5.88 Å². The number of rotatable bonds is 9. The zero-order chi connectivity index (χ0) is 22.1. The van der Waals surface area contributed by atoms with Gasteiger partial charge in [0.25, 0.3) is 0 Å². The quantitative estimate of drug-likeness (QED) is 0.448. The van der Waals surface area contributed by atoms with Crippen molar-refractivity contribution in [3.8, 4) is 22.2 Å². The number of ether oxygens (including phenoxy) is 2. The lowest BCUT2D eigenvalue weighted by Gasteiger charge is -2.11. The minimum atomic E-state index is -0.610. The number of carbonyl (C=O) groups excluding carboxylic acids is 2. The van der Waals surface area contributed by atoms with E-state index in [1.165, 1.54) is 16.9 Å². The van der Waals surface area contributed by atoms with Gasteiger partial charge in [0, 0.05) is 12.1 Å². The Labute approximate surface area is 186 Å². The van der Waals surface area contributed by atoms with Crippen LogP contribution in [0.2, 0.25) is 0 Å². The highest BCUT2D eigenvalue weighted by Gasteiger charge is 2.18. The number of aryl methyl sites for hydroxylation is 1. The summed E-state index contributed by atoms with van der Waals surface area (Å²) in [5.41, 5.74) is 2.18. The van der Waals surface area contributed by atoms with Crippen molar-refractivity contribution in [1.82, 2.24) is 10.3 Å². The number of amides is 1. The maximum atomic E-state index is 12.3. The van der Waals surface area contributed by atoms with E-state index in [0.29, 0.717) is 5.75 Å². The SMILES string of the molecule is CCCCc1ccc(OC(=O)NCC(C)C(=O)Oc2csc(-c3ccccc3)n2)cc1. The van der Waals surface area contributed by atoms with Crippen LogP contribution in [0.15, 0.2) is 60.0 Å². The molecule has 1 atom stereocenters. The van der Waals surface area contributed by atoms with Crippen molar-refractivity contribution in [1.29, 1.82) is 0 Å². The summed E-state index contributed by atoms with van der Waals surface area (Å²) in [6.45, 7) is 3.93. The fourth-order valence-corrected chi connectivity index (χ4v) is 3.52. The van der Waals surface area contributed by atoms with Crippen LogP contribution < -0.4 is 14.8 Å². The van der Waals surface area contributed by atoms with Gasteiger partial charge >= 0.3 is 12.1 Å². The molecule has 3 rings (SSSR count). The lowest BCUT2D eigenvalue weighted by Crippen LogP contribution is -2.35. The minimum Gasteiger partial charge on any atom is -0.410 e. The Morgan fingerprint density at radius 1 is 1.06 bits per heavy atom. The summed E-state index contributed by atoms with van der Waals surface area (Å²) in [5.74, 6) is -0.299. The molecule has 0 bridgehead atoms. The van der Waals surface area contributed by atoms with Crippen molar-refractivity contribution in [2.45, 2.75) is 33.1 Å². The topological polar surface area (TPSA) is 77.5 Å². The number of esters is 1. The van der Waals surface area contributed by atoms with Crippen molar-refractivity contribution in [2.75, 3.05) is 6.54 Å². The van der Waals surface area contributed by atoms with E-state index >= 15 is 0 Å². The van der Waals surface area contributed by atoms with E-state index in [0.717, 1.165) is 29.8 Å². The van der Waals surface area contributed by atoms with E-state index in [4.69, 9.17) is 9.47 Å². The average molecular weight is 439 g/mol. The number of nitrogens with zero attached hydrogens (tertiary/aromatic N) is 1. The van der Waals surface area contributed by atoms with Crippen LogP contribution in [-0.4, -0.2) is 23.6 Å². The average Bonchev–Trinajstić information content (AvgIpc) is 3.26. The molecule has 0 fully saturated rings. The molecule has 1 unspecified atom stereocenters. The Balaban J connectivity index is 1.43. The van der Waals surface area contributed by atoms with Crippen LogP contribution in [0.25, 0.3) is 10.6 Å². The van der Waals surface area contributed by atoms with E-state index in [1.54, 1.807) is 24.4 Å². The summed E-state index contributed by atoms with van der Waals surface area (Å²) >= 11 is 1.40. The first-order valence-electron chi connectivity index (χ1n) is 10.3. The highest BCUT2D eigenvalue weighted by Crippen LogP contribution is 2.27. The zero-order valence-electron chi connectivity index (χ0n) is 17.7. The van der Waals surface area contributed by atoms with E-state index in [9.17, 15) is 9.59 Å². The number of aromatic nitrogens is 1. The molecule has 1 N–H and O–H groups in total. The van der Waals surface area contributed by atoms with E-state index in [-0.39, 0.29) is 12.4 Å². The predicted octanol–water partition coefficient (Wildman–Crippen LogP) is 5.48. The Morgan fingerprint density at radius 2 is 1.81 bits per heavy atom. The third-order valence-corrected chi connectivity index (χ3v) is 5.49. The summed E-state index contributed by atoms with van der Waals surface area (Å²) in [7, 11) is 0. The Morgan fingerprint density at radius 3 is 2.52 bits per heavy atom. The van der Waals surface area contributed by atoms with Crippen LogP contribution in [0.3, 0.4) is 0 Å². The van der Waals surface area contributed by atoms with Gasteiger partial charge in [-0.3, -0.25) is 4.79 Å². The van der Waals surface area contributed by atoms with Crippen molar-refractivity contribution >= 4 is 23.4 Å². The van der Waals surface area contributed by atoms with E-state index in [1.807, 2.05) is 42.5 Å². The van der Waals surface area contributed by atoms with Crippen molar-refractivity contribution < 1.29 is 19.1 Å². The van der Waals surface area contributed by atoms with Gasteiger partial charge in [-0.05, 0) is 30.5 Å². The summed E-state index contributed by atoms with van der Waals surface area (Å²) in [5, 5.41) is 5.07. The van der Waals surface area contributed by atoms with E-state index < -0.39 is 18.0 Å². The van der Waals surface area contributed by atoms with Crippen molar-refractivity contribution in [3.05, 3.63) is 65.5 Å². The molecule has 0 aliphatic heterocycles. The molecule has 0 radical (unpaired) electrons. The van der Waals surface area contributed by atoms with Crippen LogP contribution in [-0.2, 0) is 11.2 Å². The number of benzene rings is 2.